The highest BCUT2D eigenvalue weighted by atomic mass is 15.0. The summed E-state index contributed by atoms with van der Waals surface area (Å²) >= 11 is 0. The minimum absolute atomic E-state index is 0.892. The van der Waals surface area contributed by atoms with Gasteiger partial charge < -0.3 is 0 Å². The van der Waals surface area contributed by atoms with Crippen LogP contribution in [0.3, 0.4) is 0 Å². The summed E-state index contributed by atoms with van der Waals surface area (Å²) < 4.78 is 2.26. The van der Waals surface area contributed by atoms with Crippen molar-refractivity contribution < 1.29 is 0 Å². The molecule has 0 spiro atoms. The van der Waals surface area contributed by atoms with Gasteiger partial charge in [0.25, 0.3) is 0 Å². The van der Waals surface area contributed by atoms with Gasteiger partial charge in [-0.1, -0.05) is 30.3 Å². The Hall–Kier alpha value is -3.79. The van der Waals surface area contributed by atoms with Gasteiger partial charge >= 0.3 is 0 Å². The normalized spacial score (nSPS) is 12.9. The van der Waals surface area contributed by atoms with Crippen molar-refractivity contribution in [1.29, 1.82) is 0 Å². The van der Waals surface area contributed by atoms with E-state index in [1.54, 1.807) is 0 Å². The second kappa shape index (κ2) is 4.93. The minimum Gasteiger partial charge on any atom is -0.288 e. The van der Waals surface area contributed by atoms with Crippen molar-refractivity contribution in [3.05, 3.63) is 84.2 Å². The van der Waals surface area contributed by atoms with Crippen molar-refractivity contribution >= 4 is 38.6 Å². The third-order valence-corrected chi connectivity index (χ3v) is 5.87. The Balaban J connectivity index is 1.82. The average Bonchev–Trinajstić information content (AvgIpc) is 3.32. The summed E-state index contributed by atoms with van der Waals surface area (Å²) in [5.74, 6) is 0. The van der Waals surface area contributed by atoms with Gasteiger partial charge in [0, 0.05) is 23.3 Å². The molecule has 0 saturated carbocycles. The fourth-order valence-electron chi connectivity index (χ4n) is 4.73. The van der Waals surface area contributed by atoms with Crippen LogP contribution in [0, 0.1) is 0 Å². The third-order valence-electron chi connectivity index (χ3n) is 5.87. The first-order chi connectivity index (χ1) is 13.9. The predicted molar refractivity (Wildman–Crippen MR) is 112 cm³/mol. The van der Waals surface area contributed by atoms with Crippen LogP contribution in [0.1, 0.15) is 11.1 Å². The van der Waals surface area contributed by atoms with Crippen molar-refractivity contribution in [2.45, 2.75) is 6.42 Å². The zero-order valence-corrected chi connectivity index (χ0v) is 14.9. The van der Waals surface area contributed by atoms with Crippen LogP contribution in [0.2, 0.25) is 0 Å². The van der Waals surface area contributed by atoms with E-state index in [-0.39, 0.29) is 0 Å². The molecule has 1 aliphatic carbocycles. The Morgan fingerprint density at radius 1 is 0.750 bits per heavy atom. The molecule has 4 aromatic heterocycles. The highest BCUT2D eigenvalue weighted by Crippen LogP contribution is 2.42. The van der Waals surface area contributed by atoms with Gasteiger partial charge in [-0.25, -0.2) is 4.98 Å². The molecule has 0 radical (unpaired) electrons. The number of pyridine rings is 3. The van der Waals surface area contributed by atoms with E-state index < -0.39 is 0 Å². The molecule has 0 amide bonds. The Labute approximate surface area is 160 Å². The molecule has 4 heteroatoms. The summed E-state index contributed by atoms with van der Waals surface area (Å²) in [4.78, 5) is 14.4. The number of aromatic nitrogens is 4. The first-order valence-corrected chi connectivity index (χ1v) is 9.44. The van der Waals surface area contributed by atoms with Crippen molar-refractivity contribution in [3.8, 4) is 11.1 Å². The molecule has 6 aromatic rings. The maximum Gasteiger partial charge on any atom is 0.165 e. The van der Waals surface area contributed by atoms with Crippen molar-refractivity contribution in [2.75, 3.05) is 0 Å². The van der Waals surface area contributed by atoms with Crippen LogP contribution in [-0.2, 0) is 6.42 Å². The maximum absolute atomic E-state index is 5.02. The molecule has 2 aromatic carbocycles. The molecular weight excluding hydrogens is 344 g/mol. The smallest absolute Gasteiger partial charge is 0.165 e. The molecule has 0 aliphatic heterocycles. The lowest BCUT2D eigenvalue weighted by Crippen LogP contribution is -1.95. The van der Waals surface area contributed by atoms with Crippen molar-refractivity contribution in [1.82, 2.24) is 19.4 Å². The van der Waals surface area contributed by atoms with E-state index in [2.05, 4.69) is 57.9 Å². The van der Waals surface area contributed by atoms with E-state index in [9.17, 15) is 0 Å². The van der Waals surface area contributed by atoms with E-state index in [1.165, 1.54) is 22.3 Å². The lowest BCUT2D eigenvalue weighted by molar-refractivity contribution is 1.26. The van der Waals surface area contributed by atoms with Gasteiger partial charge in [0.15, 0.2) is 5.65 Å². The first-order valence-electron chi connectivity index (χ1n) is 9.44. The van der Waals surface area contributed by atoms with Crippen molar-refractivity contribution in [3.63, 3.8) is 0 Å². The van der Waals surface area contributed by atoms with Crippen LogP contribution < -0.4 is 0 Å². The standard InChI is InChI=1S/C24H14N4/c1-2-6-16-14(5-1)13-15-9-10-18-23(20(15)16)28-19-8-4-12-25-21(19)17-7-3-11-26-22(17)24(28)27-18/h1-12H,13H2. The molecule has 4 heterocycles. The highest BCUT2D eigenvalue weighted by Gasteiger charge is 2.24. The minimum atomic E-state index is 0.892. The topological polar surface area (TPSA) is 43.1 Å². The van der Waals surface area contributed by atoms with E-state index in [0.29, 0.717) is 0 Å². The van der Waals surface area contributed by atoms with E-state index in [1.807, 2.05) is 24.5 Å². The summed E-state index contributed by atoms with van der Waals surface area (Å²) in [6.45, 7) is 0. The number of imidazole rings is 1. The Morgan fingerprint density at radius 3 is 2.57 bits per heavy atom. The van der Waals surface area contributed by atoms with Crippen LogP contribution in [0.5, 0.6) is 0 Å². The second-order valence-electron chi connectivity index (χ2n) is 7.34. The van der Waals surface area contributed by atoms with Gasteiger partial charge in [-0.15, -0.1) is 0 Å². The summed E-state index contributed by atoms with van der Waals surface area (Å²) in [6, 6.07) is 21.2. The summed E-state index contributed by atoms with van der Waals surface area (Å²) in [6.07, 6.45) is 4.65. The van der Waals surface area contributed by atoms with E-state index in [4.69, 9.17) is 9.97 Å². The van der Waals surface area contributed by atoms with Gasteiger partial charge in [0.1, 0.15) is 5.52 Å². The molecule has 4 nitrogen and oxygen atoms in total. The molecule has 0 unspecified atom stereocenters. The molecule has 0 saturated heterocycles. The molecule has 130 valence electrons. The zero-order valence-electron chi connectivity index (χ0n) is 14.9. The van der Waals surface area contributed by atoms with Crippen LogP contribution in [0.15, 0.2) is 73.1 Å². The molecule has 28 heavy (non-hydrogen) atoms. The molecule has 0 fully saturated rings. The summed E-state index contributed by atoms with van der Waals surface area (Å²) in [5, 5.41) is 1.04. The third kappa shape index (κ3) is 1.63. The fraction of sp³-hybridized carbons (Fsp3) is 0.0417. The average molecular weight is 358 g/mol. The van der Waals surface area contributed by atoms with Crippen molar-refractivity contribution in [2.24, 2.45) is 0 Å². The SMILES string of the molecule is c1ccc2c(c1)Cc1ccc3nc4c5ncccc5c5ncccc5n4c3c1-2. The number of hydrogen-bond donors (Lipinski definition) is 0. The van der Waals surface area contributed by atoms with E-state index in [0.717, 1.165) is 45.0 Å². The number of benzene rings is 2. The first kappa shape index (κ1) is 14.3. The monoisotopic (exact) mass is 358 g/mol. The van der Waals surface area contributed by atoms with E-state index >= 15 is 0 Å². The Bertz CT molecular complexity index is 1590. The molecule has 0 N–H and O–H groups in total. The Morgan fingerprint density at radius 2 is 1.61 bits per heavy atom. The number of fused-ring (bicyclic) bond motifs is 12. The molecule has 0 atom stereocenters. The molecule has 0 bridgehead atoms. The number of hydrogen-bond acceptors (Lipinski definition) is 3. The van der Waals surface area contributed by atoms with Gasteiger partial charge in [-0.3, -0.25) is 14.4 Å². The summed E-state index contributed by atoms with van der Waals surface area (Å²) in [5.41, 5.74) is 11.3. The number of nitrogens with zero attached hydrogens (tertiary/aromatic N) is 4. The van der Waals surface area contributed by atoms with Crippen LogP contribution in [0.4, 0.5) is 0 Å². The zero-order chi connectivity index (χ0) is 18.2. The maximum atomic E-state index is 5.02. The van der Waals surface area contributed by atoms with Gasteiger partial charge in [0.2, 0.25) is 0 Å². The Kier molecular flexibility index (Phi) is 2.51. The summed E-state index contributed by atoms with van der Waals surface area (Å²) in [7, 11) is 0. The van der Waals surface area contributed by atoms with Gasteiger partial charge in [0.05, 0.1) is 22.1 Å². The lowest BCUT2D eigenvalue weighted by Gasteiger charge is -2.09. The molecular formula is C24H14N4. The molecule has 7 rings (SSSR count). The number of rotatable bonds is 0. The second-order valence-corrected chi connectivity index (χ2v) is 7.34. The van der Waals surface area contributed by atoms with Crippen LogP contribution >= 0.6 is 0 Å². The van der Waals surface area contributed by atoms with Crippen LogP contribution in [-0.4, -0.2) is 19.4 Å². The highest BCUT2D eigenvalue weighted by molar-refractivity contribution is 6.12. The quantitative estimate of drug-likeness (QED) is 0.352. The molecule has 1 aliphatic rings. The fourth-order valence-corrected chi connectivity index (χ4v) is 4.73. The van der Waals surface area contributed by atoms with Crippen LogP contribution in [0.25, 0.3) is 49.7 Å². The van der Waals surface area contributed by atoms with Gasteiger partial charge in [-0.2, -0.15) is 0 Å². The largest absolute Gasteiger partial charge is 0.288 e. The van der Waals surface area contributed by atoms with Gasteiger partial charge in [-0.05, 0) is 53.4 Å². The lowest BCUT2D eigenvalue weighted by atomic mass is 10.0. The predicted octanol–water partition coefficient (Wildman–Crippen LogP) is 5.16.